The van der Waals surface area contributed by atoms with Crippen LogP contribution in [0.4, 0.5) is 5.69 Å². The zero-order valence-corrected chi connectivity index (χ0v) is 10.7. The van der Waals surface area contributed by atoms with Crippen molar-refractivity contribution in [2.24, 2.45) is 0 Å². The molecule has 2 aromatic carbocycles. The Morgan fingerprint density at radius 2 is 1.95 bits per heavy atom. The van der Waals surface area contributed by atoms with Crippen molar-refractivity contribution >= 4 is 23.3 Å². The summed E-state index contributed by atoms with van der Waals surface area (Å²) in [5.74, 6) is -0.891. The Balaban J connectivity index is 2.34. The Morgan fingerprint density at radius 3 is 2.55 bits per heavy atom. The molecule has 20 heavy (non-hydrogen) atoms. The Bertz CT molecular complexity index is 686. The highest BCUT2D eigenvalue weighted by Gasteiger charge is 2.15. The summed E-state index contributed by atoms with van der Waals surface area (Å²) < 4.78 is 5.37. The smallest absolute Gasteiger partial charge is 0.337 e. The molecule has 1 N–H and O–H groups in total. The zero-order chi connectivity index (χ0) is 14.7. The van der Waals surface area contributed by atoms with Gasteiger partial charge >= 0.3 is 11.7 Å². The number of benzene rings is 2. The molecule has 102 valence electrons. The lowest BCUT2D eigenvalue weighted by molar-refractivity contribution is -0.385. The van der Waals surface area contributed by atoms with Gasteiger partial charge in [-0.15, -0.1) is 0 Å². The molecule has 0 amide bonds. The molecule has 2 aromatic rings. The van der Waals surface area contributed by atoms with E-state index >= 15 is 0 Å². The van der Waals surface area contributed by atoms with E-state index in [1.807, 2.05) is 0 Å². The van der Waals surface area contributed by atoms with Crippen LogP contribution in [0.2, 0.25) is 5.02 Å². The number of carboxylic acid groups (broad SMARTS) is 1. The van der Waals surface area contributed by atoms with Crippen LogP contribution in [0.15, 0.2) is 42.5 Å². The molecule has 0 unspecified atom stereocenters. The molecular formula is C13H8ClNO5. The fourth-order valence-electron chi connectivity index (χ4n) is 1.55. The molecule has 0 bridgehead atoms. The number of rotatable bonds is 4. The van der Waals surface area contributed by atoms with Gasteiger partial charge < -0.3 is 9.84 Å². The lowest BCUT2D eigenvalue weighted by Crippen LogP contribution is -1.98. The average Bonchev–Trinajstić information content (AvgIpc) is 2.38. The van der Waals surface area contributed by atoms with E-state index in [4.69, 9.17) is 21.4 Å². The van der Waals surface area contributed by atoms with Gasteiger partial charge in [-0.1, -0.05) is 23.7 Å². The summed E-state index contributed by atoms with van der Waals surface area (Å²) in [6, 6.07) is 9.81. The van der Waals surface area contributed by atoms with Gasteiger partial charge in [0.15, 0.2) is 0 Å². The summed E-state index contributed by atoms with van der Waals surface area (Å²) in [6.45, 7) is 0. The molecule has 0 saturated carbocycles. The second-order valence-electron chi connectivity index (χ2n) is 3.77. The summed E-state index contributed by atoms with van der Waals surface area (Å²) in [5, 5.41) is 19.7. The molecule has 2 rings (SSSR count). The van der Waals surface area contributed by atoms with Gasteiger partial charge in [0.2, 0.25) is 5.75 Å². The Kier molecular flexibility index (Phi) is 3.86. The highest BCUT2D eigenvalue weighted by Crippen LogP contribution is 2.32. The molecule has 0 atom stereocenters. The van der Waals surface area contributed by atoms with Crippen LogP contribution in [0, 0.1) is 10.1 Å². The molecule has 0 aliphatic heterocycles. The Labute approximate surface area is 118 Å². The second-order valence-corrected chi connectivity index (χ2v) is 4.18. The molecule has 0 aliphatic carbocycles. The largest absolute Gasteiger partial charge is 0.478 e. The van der Waals surface area contributed by atoms with Crippen molar-refractivity contribution in [3.63, 3.8) is 0 Å². The Morgan fingerprint density at radius 1 is 1.25 bits per heavy atom. The van der Waals surface area contributed by atoms with Crippen LogP contribution >= 0.6 is 11.6 Å². The standard InChI is InChI=1S/C13H8ClNO5/c14-10-7-8(5-6-9(10)13(16)17)20-12-4-2-1-3-11(12)15(18)19/h1-7H,(H,16,17). The number of aromatic carboxylic acids is 1. The van der Waals surface area contributed by atoms with Gasteiger partial charge in [-0.2, -0.15) is 0 Å². The van der Waals surface area contributed by atoms with Crippen LogP contribution in [0.3, 0.4) is 0 Å². The molecule has 0 saturated heterocycles. The summed E-state index contributed by atoms with van der Waals surface area (Å²) in [4.78, 5) is 21.1. The molecule has 0 radical (unpaired) electrons. The van der Waals surface area contributed by atoms with Crippen LogP contribution < -0.4 is 4.74 Å². The number of ether oxygens (including phenoxy) is 1. The van der Waals surface area contributed by atoms with E-state index in [1.54, 1.807) is 6.07 Å². The fraction of sp³-hybridized carbons (Fsp3) is 0. The van der Waals surface area contributed by atoms with E-state index in [0.717, 1.165) is 0 Å². The molecule has 7 heteroatoms. The maximum atomic E-state index is 10.8. The van der Waals surface area contributed by atoms with Crippen molar-refractivity contribution < 1.29 is 19.6 Å². The normalized spacial score (nSPS) is 10.1. The molecule has 0 aromatic heterocycles. The van der Waals surface area contributed by atoms with Crippen LogP contribution in [-0.4, -0.2) is 16.0 Å². The minimum absolute atomic E-state index is 0.00594. The van der Waals surface area contributed by atoms with Gasteiger partial charge in [0, 0.05) is 12.1 Å². The topological polar surface area (TPSA) is 89.7 Å². The van der Waals surface area contributed by atoms with Crippen LogP contribution in [-0.2, 0) is 0 Å². The quantitative estimate of drug-likeness (QED) is 0.685. The number of hydrogen-bond donors (Lipinski definition) is 1. The van der Waals surface area contributed by atoms with Crippen molar-refractivity contribution in [3.8, 4) is 11.5 Å². The number of halogens is 1. The Hall–Kier alpha value is -2.60. The van der Waals surface area contributed by atoms with Crippen molar-refractivity contribution in [2.45, 2.75) is 0 Å². The van der Waals surface area contributed by atoms with E-state index < -0.39 is 10.9 Å². The number of para-hydroxylation sites is 2. The number of carbonyl (C=O) groups is 1. The SMILES string of the molecule is O=C(O)c1ccc(Oc2ccccc2[N+](=O)[O-])cc1Cl. The van der Waals surface area contributed by atoms with Gasteiger partial charge in [0.1, 0.15) is 5.75 Å². The number of hydrogen-bond acceptors (Lipinski definition) is 4. The number of nitro groups is 1. The third-order valence-corrected chi connectivity index (χ3v) is 2.77. The maximum Gasteiger partial charge on any atom is 0.337 e. The molecule has 0 fully saturated rings. The van der Waals surface area contributed by atoms with Crippen molar-refractivity contribution in [1.29, 1.82) is 0 Å². The van der Waals surface area contributed by atoms with Crippen molar-refractivity contribution in [3.05, 3.63) is 63.2 Å². The first-order valence-corrected chi connectivity index (χ1v) is 5.81. The summed E-state index contributed by atoms with van der Waals surface area (Å²) in [7, 11) is 0. The number of nitro benzene ring substituents is 1. The van der Waals surface area contributed by atoms with E-state index in [9.17, 15) is 14.9 Å². The average molecular weight is 294 g/mol. The minimum atomic E-state index is -1.16. The van der Waals surface area contributed by atoms with Gasteiger partial charge in [0.05, 0.1) is 15.5 Å². The third kappa shape index (κ3) is 2.86. The van der Waals surface area contributed by atoms with Gasteiger partial charge in [-0.25, -0.2) is 4.79 Å². The minimum Gasteiger partial charge on any atom is -0.478 e. The fourth-order valence-corrected chi connectivity index (χ4v) is 1.81. The predicted octanol–water partition coefficient (Wildman–Crippen LogP) is 3.74. The van der Waals surface area contributed by atoms with Gasteiger partial charge in [-0.3, -0.25) is 10.1 Å². The second kappa shape index (κ2) is 5.58. The van der Waals surface area contributed by atoms with E-state index in [1.165, 1.54) is 36.4 Å². The van der Waals surface area contributed by atoms with Gasteiger partial charge in [-0.05, 0) is 18.2 Å². The highest BCUT2D eigenvalue weighted by atomic mass is 35.5. The first kappa shape index (κ1) is 13.8. The molecule has 0 heterocycles. The summed E-state index contributed by atoms with van der Waals surface area (Å²) in [6.07, 6.45) is 0. The molecular weight excluding hydrogens is 286 g/mol. The highest BCUT2D eigenvalue weighted by molar-refractivity contribution is 6.33. The number of carboxylic acids is 1. The van der Waals surface area contributed by atoms with E-state index in [-0.39, 0.29) is 27.8 Å². The molecule has 0 spiro atoms. The first-order chi connectivity index (χ1) is 9.49. The van der Waals surface area contributed by atoms with Crippen molar-refractivity contribution in [2.75, 3.05) is 0 Å². The predicted molar refractivity (Wildman–Crippen MR) is 71.6 cm³/mol. The van der Waals surface area contributed by atoms with Crippen LogP contribution in [0.25, 0.3) is 0 Å². The first-order valence-electron chi connectivity index (χ1n) is 5.43. The summed E-state index contributed by atoms with van der Waals surface area (Å²) in [5.41, 5.74) is -0.257. The van der Waals surface area contributed by atoms with Crippen LogP contribution in [0.1, 0.15) is 10.4 Å². The zero-order valence-electron chi connectivity index (χ0n) is 9.95. The van der Waals surface area contributed by atoms with E-state index in [2.05, 4.69) is 0 Å². The monoisotopic (exact) mass is 293 g/mol. The maximum absolute atomic E-state index is 10.8. The lowest BCUT2D eigenvalue weighted by atomic mass is 10.2. The molecule has 6 nitrogen and oxygen atoms in total. The van der Waals surface area contributed by atoms with Crippen LogP contribution in [0.5, 0.6) is 11.5 Å². The third-order valence-electron chi connectivity index (χ3n) is 2.46. The molecule has 0 aliphatic rings. The van der Waals surface area contributed by atoms with E-state index in [0.29, 0.717) is 0 Å². The number of nitrogens with zero attached hydrogens (tertiary/aromatic N) is 1. The summed E-state index contributed by atoms with van der Waals surface area (Å²) >= 11 is 5.80. The lowest BCUT2D eigenvalue weighted by Gasteiger charge is -2.07. The van der Waals surface area contributed by atoms with Gasteiger partial charge in [0.25, 0.3) is 0 Å². The van der Waals surface area contributed by atoms with Crippen molar-refractivity contribution in [1.82, 2.24) is 0 Å².